The van der Waals surface area contributed by atoms with Crippen LogP contribution in [-0.2, 0) is 19.2 Å². The summed E-state index contributed by atoms with van der Waals surface area (Å²) in [5.74, 6) is 0. The van der Waals surface area contributed by atoms with Gasteiger partial charge in [-0.15, -0.1) is 71.4 Å². The predicted molar refractivity (Wildman–Crippen MR) is 139 cm³/mol. The summed E-state index contributed by atoms with van der Waals surface area (Å²) in [4.78, 5) is 0. The maximum atomic E-state index is 3.35. The van der Waals surface area contributed by atoms with Gasteiger partial charge in [-0.25, -0.2) is 0 Å². The third kappa shape index (κ3) is 10.8. The Morgan fingerprint density at radius 2 is 0.933 bits per heavy atom. The van der Waals surface area contributed by atoms with E-state index >= 15 is 0 Å². The van der Waals surface area contributed by atoms with E-state index in [-0.39, 0.29) is 39.7 Å². The van der Waals surface area contributed by atoms with E-state index in [0.29, 0.717) is 0 Å². The third-order valence-electron chi connectivity index (χ3n) is 4.07. The molecule has 0 saturated heterocycles. The van der Waals surface area contributed by atoms with E-state index in [1.165, 1.54) is 33.4 Å². The van der Waals surface area contributed by atoms with Crippen LogP contribution in [0.5, 0.6) is 0 Å². The number of hydrogen-bond donors (Lipinski definition) is 0. The van der Waals surface area contributed by atoms with Crippen molar-refractivity contribution < 1.29 is 19.2 Å². The Balaban J connectivity index is -0.000000400. The van der Waals surface area contributed by atoms with Gasteiger partial charge >= 0.3 is 26.8 Å². The molecule has 0 aliphatic heterocycles. The fraction of sp³-hybridized carbons (Fsp3) is 0.154. The van der Waals surface area contributed by atoms with Gasteiger partial charge in [0.1, 0.15) is 0 Å². The van der Waals surface area contributed by atoms with Gasteiger partial charge < -0.3 is 14.9 Å². The fourth-order valence-electron chi connectivity index (χ4n) is 2.77. The van der Waals surface area contributed by atoms with Gasteiger partial charge in [0.25, 0.3) is 0 Å². The molecule has 4 heteroatoms. The molecule has 0 heterocycles. The first kappa shape index (κ1) is 33.5. The Morgan fingerprint density at radius 3 is 1.17 bits per heavy atom. The van der Waals surface area contributed by atoms with Crippen LogP contribution in [0.3, 0.4) is 0 Å². The van der Waals surface area contributed by atoms with Crippen LogP contribution in [0.4, 0.5) is 0 Å². The molecular formula is C26H32Cl2SiTi-4. The van der Waals surface area contributed by atoms with Crippen molar-refractivity contribution in [1.29, 1.82) is 0 Å². The van der Waals surface area contributed by atoms with Gasteiger partial charge in [-0.3, -0.25) is 0 Å². The topological polar surface area (TPSA) is 0 Å². The molecule has 2 aromatic carbocycles. The zero-order chi connectivity index (χ0) is 18.8. The first-order chi connectivity index (χ1) is 12.7. The van der Waals surface area contributed by atoms with Crippen molar-refractivity contribution in [3.8, 4) is 0 Å². The summed E-state index contributed by atoms with van der Waals surface area (Å²) in [6.07, 6.45) is 13.1. The number of allylic oxidation sites excluding steroid dienone is 8. The number of benzene rings is 2. The summed E-state index contributed by atoms with van der Waals surface area (Å²) >= 11 is 2.03. The average Bonchev–Trinajstić information content (AvgIpc) is 3.34. The number of hydrogen-bond acceptors (Lipinski definition) is 0. The van der Waals surface area contributed by atoms with Crippen LogP contribution in [-0.4, -0.2) is 7.63 Å². The SMILES string of the molecule is CC1=CC(c2ccccc2)=[C-]C1.CC1=CC(c2ccccc2)=[C-]C1.Cl.Cl.[CH3-].[CH3-].[SiH2]=[Ti]. The average molecular weight is 491 g/mol. The van der Waals surface area contributed by atoms with E-state index in [2.05, 4.69) is 86.7 Å². The Kier molecular flexibility index (Phi) is 20.9. The summed E-state index contributed by atoms with van der Waals surface area (Å²) < 4.78 is 0. The molecule has 2 aromatic rings. The van der Waals surface area contributed by atoms with E-state index in [9.17, 15) is 0 Å². The van der Waals surface area contributed by atoms with Gasteiger partial charge in [-0.2, -0.15) is 35.5 Å². The van der Waals surface area contributed by atoms with Crippen LogP contribution in [0, 0.1) is 27.0 Å². The van der Waals surface area contributed by atoms with Crippen molar-refractivity contribution in [2.75, 3.05) is 0 Å². The summed E-state index contributed by atoms with van der Waals surface area (Å²) in [6, 6.07) is 20.8. The van der Waals surface area contributed by atoms with Crippen molar-refractivity contribution in [2.24, 2.45) is 0 Å². The van der Waals surface area contributed by atoms with E-state index in [0.717, 1.165) is 12.8 Å². The molecule has 0 atom stereocenters. The molecule has 2 aliphatic carbocycles. The van der Waals surface area contributed by atoms with Gasteiger partial charge in [0.05, 0.1) is 0 Å². The van der Waals surface area contributed by atoms with E-state index in [1.807, 2.05) is 38.9 Å². The Bertz CT molecular complexity index is 766. The zero-order valence-electron chi connectivity index (χ0n) is 18.4. The zero-order valence-corrected chi connectivity index (χ0v) is 23.0. The standard InChI is InChI=1S/2C12H11.2CH3.2ClH.H2Si.Ti/c2*1-10-7-8-12(9-10)11-5-3-2-4-6-11;;;;;;/h2*2-6,9H,7H2,1H3;2*1H3;2*1H;1H2;/q4*-1;;;;. The Morgan fingerprint density at radius 1 is 0.633 bits per heavy atom. The van der Waals surface area contributed by atoms with E-state index in [4.69, 9.17) is 0 Å². The van der Waals surface area contributed by atoms with Gasteiger partial charge in [0.15, 0.2) is 0 Å². The summed E-state index contributed by atoms with van der Waals surface area (Å²) in [5, 5.41) is 0. The molecule has 0 unspecified atom stereocenters. The monoisotopic (exact) mass is 490 g/mol. The second kappa shape index (κ2) is 18.7. The Hall–Kier alpha value is -1.09. The van der Waals surface area contributed by atoms with Crippen LogP contribution in [0.25, 0.3) is 11.1 Å². The predicted octanol–water partition coefficient (Wildman–Crippen LogP) is 7.27. The molecule has 0 bridgehead atoms. The molecular weight excluding hydrogens is 459 g/mol. The van der Waals surface area contributed by atoms with Crippen molar-refractivity contribution >= 4 is 43.6 Å². The summed E-state index contributed by atoms with van der Waals surface area (Å²) in [6.45, 7) is 4.28. The van der Waals surface area contributed by atoms with E-state index in [1.54, 1.807) is 0 Å². The molecule has 0 aromatic heterocycles. The molecule has 0 amide bonds. The van der Waals surface area contributed by atoms with Crippen molar-refractivity contribution in [1.82, 2.24) is 0 Å². The molecule has 0 N–H and O–H groups in total. The van der Waals surface area contributed by atoms with Crippen molar-refractivity contribution in [3.63, 3.8) is 0 Å². The van der Waals surface area contributed by atoms with Crippen LogP contribution in [0.1, 0.15) is 37.8 Å². The van der Waals surface area contributed by atoms with Crippen LogP contribution >= 0.6 is 24.8 Å². The Labute approximate surface area is 210 Å². The van der Waals surface area contributed by atoms with E-state index < -0.39 is 0 Å². The first-order valence-electron chi connectivity index (χ1n) is 8.74. The van der Waals surface area contributed by atoms with Gasteiger partial charge in [0.2, 0.25) is 0 Å². The van der Waals surface area contributed by atoms with Gasteiger partial charge in [-0.1, -0.05) is 63.1 Å². The maximum absolute atomic E-state index is 3.35. The van der Waals surface area contributed by atoms with Crippen molar-refractivity contribution in [3.05, 3.63) is 122 Å². The van der Waals surface area contributed by atoms with Crippen LogP contribution in [0.2, 0.25) is 0 Å². The molecule has 0 fully saturated rings. The second-order valence-electron chi connectivity index (χ2n) is 6.25. The molecule has 2 aliphatic rings. The quantitative estimate of drug-likeness (QED) is 0.306. The third-order valence-corrected chi connectivity index (χ3v) is 4.07. The van der Waals surface area contributed by atoms with Crippen LogP contribution in [0.15, 0.2) is 84.0 Å². The number of rotatable bonds is 2. The molecule has 162 valence electrons. The normalized spacial score (nSPS) is 12.7. The summed E-state index contributed by atoms with van der Waals surface area (Å²) in [7, 11) is 1.86. The number of halogens is 2. The molecule has 0 nitrogen and oxygen atoms in total. The van der Waals surface area contributed by atoms with Crippen LogP contribution < -0.4 is 0 Å². The molecule has 0 spiro atoms. The minimum absolute atomic E-state index is 0. The molecule has 0 saturated carbocycles. The molecule has 0 radical (unpaired) electrons. The molecule has 30 heavy (non-hydrogen) atoms. The molecule has 4 rings (SSSR count). The summed E-state index contributed by atoms with van der Waals surface area (Å²) in [5.41, 5.74) is 7.83. The second-order valence-corrected chi connectivity index (χ2v) is 6.25. The van der Waals surface area contributed by atoms with Gasteiger partial charge in [0, 0.05) is 0 Å². The minimum atomic E-state index is 0. The van der Waals surface area contributed by atoms with Crippen molar-refractivity contribution in [2.45, 2.75) is 26.7 Å². The van der Waals surface area contributed by atoms with Gasteiger partial charge in [-0.05, 0) is 0 Å². The first-order valence-corrected chi connectivity index (χ1v) is 12.8. The fourth-order valence-corrected chi connectivity index (χ4v) is 2.77.